The fourth-order valence-corrected chi connectivity index (χ4v) is 2.23. The van der Waals surface area contributed by atoms with Crippen molar-refractivity contribution in [3.05, 3.63) is 0 Å². The molecule has 14 heavy (non-hydrogen) atoms. The Bertz CT molecular complexity index is 166. The van der Waals surface area contributed by atoms with Gasteiger partial charge < -0.3 is 16.4 Å². The van der Waals surface area contributed by atoms with E-state index in [0.717, 1.165) is 6.42 Å². The van der Waals surface area contributed by atoms with Gasteiger partial charge in [-0.05, 0) is 59.2 Å². The van der Waals surface area contributed by atoms with E-state index in [1.807, 2.05) is 0 Å². The van der Waals surface area contributed by atoms with E-state index in [0.29, 0.717) is 5.92 Å². The maximum atomic E-state index is 6.18. The summed E-state index contributed by atoms with van der Waals surface area (Å²) >= 11 is 0. The van der Waals surface area contributed by atoms with Gasteiger partial charge in [0.2, 0.25) is 0 Å². The first-order valence-electron chi connectivity index (χ1n) is 5.61. The Hall–Kier alpha value is -0.120. The molecule has 0 aromatic carbocycles. The van der Waals surface area contributed by atoms with Crippen LogP contribution in [0.3, 0.4) is 0 Å². The molecule has 4 N–H and O–H groups in total. The van der Waals surface area contributed by atoms with E-state index in [2.05, 4.69) is 25.8 Å². The van der Waals surface area contributed by atoms with E-state index in [1.54, 1.807) is 0 Å². The second kappa shape index (κ2) is 4.60. The molecule has 1 unspecified atom stereocenters. The SMILES string of the molecule is CN1CCC(C(N)CC(C)(C)N)CC1. The summed E-state index contributed by atoms with van der Waals surface area (Å²) in [6.07, 6.45) is 3.39. The van der Waals surface area contributed by atoms with Gasteiger partial charge in [-0.15, -0.1) is 0 Å². The molecule has 1 rings (SSSR count). The summed E-state index contributed by atoms with van der Waals surface area (Å²) < 4.78 is 0. The molecule has 3 heteroatoms. The Labute approximate surface area is 87.8 Å². The molecule has 1 fully saturated rings. The number of piperidine rings is 1. The van der Waals surface area contributed by atoms with Crippen LogP contribution in [0.15, 0.2) is 0 Å². The molecule has 0 aliphatic carbocycles. The van der Waals surface area contributed by atoms with Crippen LogP contribution >= 0.6 is 0 Å². The summed E-state index contributed by atoms with van der Waals surface area (Å²) in [5.41, 5.74) is 12.0. The van der Waals surface area contributed by atoms with Gasteiger partial charge in [0, 0.05) is 11.6 Å². The number of nitrogens with zero attached hydrogens (tertiary/aromatic N) is 1. The van der Waals surface area contributed by atoms with E-state index in [1.165, 1.54) is 25.9 Å². The van der Waals surface area contributed by atoms with Gasteiger partial charge in [-0.1, -0.05) is 0 Å². The molecule has 1 heterocycles. The standard InChI is InChI=1S/C11H25N3/c1-11(2,13)8-10(12)9-4-6-14(3)7-5-9/h9-10H,4-8,12-13H2,1-3H3. The van der Waals surface area contributed by atoms with Crippen molar-refractivity contribution in [2.24, 2.45) is 17.4 Å². The monoisotopic (exact) mass is 199 g/mol. The summed E-state index contributed by atoms with van der Waals surface area (Å²) in [5, 5.41) is 0. The zero-order valence-electron chi connectivity index (χ0n) is 9.79. The molecule has 1 aliphatic rings. The van der Waals surface area contributed by atoms with Crippen LogP contribution in [0.5, 0.6) is 0 Å². The molecule has 0 aromatic heterocycles. The summed E-state index contributed by atoms with van der Waals surface area (Å²) in [5.74, 6) is 0.675. The third kappa shape index (κ3) is 3.95. The van der Waals surface area contributed by atoms with E-state index in [-0.39, 0.29) is 11.6 Å². The highest BCUT2D eigenvalue weighted by Crippen LogP contribution is 2.22. The predicted octanol–water partition coefficient (Wildman–Crippen LogP) is 0.783. The first kappa shape index (κ1) is 12.0. The molecule has 0 saturated carbocycles. The van der Waals surface area contributed by atoms with Crippen molar-refractivity contribution in [1.82, 2.24) is 4.90 Å². The molecule has 0 spiro atoms. The van der Waals surface area contributed by atoms with Gasteiger partial charge >= 0.3 is 0 Å². The van der Waals surface area contributed by atoms with E-state index >= 15 is 0 Å². The van der Waals surface area contributed by atoms with Crippen molar-refractivity contribution < 1.29 is 0 Å². The summed E-state index contributed by atoms with van der Waals surface area (Å²) in [7, 11) is 2.18. The number of likely N-dealkylation sites (tertiary alicyclic amines) is 1. The van der Waals surface area contributed by atoms with E-state index < -0.39 is 0 Å². The van der Waals surface area contributed by atoms with Crippen molar-refractivity contribution in [2.75, 3.05) is 20.1 Å². The molecule has 0 bridgehead atoms. The fourth-order valence-electron chi connectivity index (χ4n) is 2.23. The van der Waals surface area contributed by atoms with Crippen LogP contribution in [-0.2, 0) is 0 Å². The summed E-state index contributed by atoms with van der Waals surface area (Å²) in [6.45, 7) is 6.48. The molecule has 0 aromatic rings. The Morgan fingerprint density at radius 2 is 1.86 bits per heavy atom. The third-order valence-electron chi connectivity index (χ3n) is 3.13. The second-order valence-electron chi connectivity index (χ2n) is 5.50. The Balaban J connectivity index is 2.34. The molecular formula is C11H25N3. The summed E-state index contributed by atoms with van der Waals surface area (Å²) in [4.78, 5) is 2.37. The van der Waals surface area contributed by atoms with Gasteiger partial charge in [0.05, 0.1) is 0 Å². The quantitative estimate of drug-likeness (QED) is 0.706. The third-order valence-corrected chi connectivity index (χ3v) is 3.13. The number of rotatable bonds is 3. The fraction of sp³-hybridized carbons (Fsp3) is 1.00. The van der Waals surface area contributed by atoms with Gasteiger partial charge in [-0.25, -0.2) is 0 Å². The molecular weight excluding hydrogens is 174 g/mol. The molecule has 0 amide bonds. The number of nitrogens with two attached hydrogens (primary N) is 2. The van der Waals surface area contributed by atoms with Gasteiger partial charge in [-0.2, -0.15) is 0 Å². The molecule has 84 valence electrons. The lowest BCUT2D eigenvalue weighted by atomic mass is 9.83. The first-order valence-corrected chi connectivity index (χ1v) is 5.61. The van der Waals surface area contributed by atoms with E-state index in [4.69, 9.17) is 11.5 Å². The normalized spacial score (nSPS) is 23.8. The highest BCUT2D eigenvalue weighted by Gasteiger charge is 2.26. The van der Waals surface area contributed by atoms with E-state index in [9.17, 15) is 0 Å². The van der Waals surface area contributed by atoms with Gasteiger partial charge in [-0.3, -0.25) is 0 Å². The largest absolute Gasteiger partial charge is 0.327 e. The molecule has 1 atom stereocenters. The maximum absolute atomic E-state index is 6.18. The summed E-state index contributed by atoms with van der Waals surface area (Å²) in [6, 6.07) is 0.281. The first-order chi connectivity index (χ1) is 6.38. The smallest absolute Gasteiger partial charge is 0.0112 e. The highest BCUT2D eigenvalue weighted by atomic mass is 15.1. The highest BCUT2D eigenvalue weighted by molar-refractivity contribution is 4.85. The van der Waals surface area contributed by atoms with Crippen molar-refractivity contribution in [1.29, 1.82) is 0 Å². The van der Waals surface area contributed by atoms with Crippen molar-refractivity contribution >= 4 is 0 Å². The van der Waals surface area contributed by atoms with Crippen LogP contribution in [0.4, 0.5) is 0 Å². The van der Waals surface area contributed by atoms with Gasteiger partial charge in [0.1, 0.15) is 0 Å². The van der Waals surface area contributed by atoms with Crippen LogP contribution in [0.2, 0.25) is 0 Å². The molecule has 1 aliphatic heterocycles. The zero-order valence-corrected chi connectivity index (χ0v) is 9.79. The van der Waals surface area contributed by atoms with Crippen molar-refractivity contribution in [2.45, 2.75) is 44.7 Å². The molecule has 0 radical (unpaired) electrons. The molecule has 1 saturated heterocycles. The maximum Gasteiger partial charge on any atom is 0.0112 e. The van der Waals surface area contributed by atoms with Gasteiger partial charge in [0.25, 0.3) is 0 Å². The van der Waals surface area contributed by atoms with Crippen LogP contribution in [0.1, 0.15) is 33.1 Å². The van der Waals surface area contributed by atoms with Gasteiger partial charge in [0.15, 0.2) is 0 Å². The average Bonchev–Trinajstić information content (AvgIpc) is 2.02. The second-order valence-corrected chi connectivity index (χ2v) is 5.50. The predicted molar refractivity (Wildman–Crippen MR) is 61.1 cm³/mol. The lowest BCUT2D eigenvalue weighted by molar-refractivity contribution is 0.186. The average molecular weight is 199 g/mol. The Kier molecular flexibility index (Phi) is 3.93. The van der Waals surface area contributed by atoms with Crippen molar-refractivity contribution in [3.63, 3.8) is 0 Å². The lowest BCUT2D eigenvalue weighted by Crippen LogP contribution is -2.45. The Morgan fingerprint density at radius 3 is 2.29 bits per heavy atom. The molecule has 3 nitrogen and oxygen atoms in total. The minimum Gasteiger partial charge on any atom is -0.327 e. The minimum absolute atomic E-state index is 0.122. The van der Waals surface area contributed by atoms with Crippen LogP contribution in [0.25, 0.3) is 0 Å². The zero-order chi connectivity index (χ0) is 10.8. The number of hydrogen-bond donors (Lipinski definition) is 2. The number of hydrogen-bond acceptors (Lipinski definition) is 3. The van der Waals surface area contributed by atoms with Crippen LogP contribution in [0, 0.1) is 5.92 Å². The van der Waals surface area contributed by atoms with Crippen molar-refractivity contribution in [3.8, 4) is 0 Å². The topological polar surface area (TPSA) is 55.3 Å². The van der Waals surface area contributed by atoms with Crippen LogP contribution < -0.4 is 11.5 Å². The van der Waals surface area contributed by atoms with Crippen LogP contribution in [-0.4, -0.2) is 36.6 Å². The minimum atomic E-state index is -0.122. The Morgan fingerprint density at radius 1 is 1.36 bits per heavy atom. The lowest BCUT2D eigenvalue weighted by Gasteiger charge is -2.35.